The number of hydrogen-bond donors (Lipinski definition) is 2. The van der Waals surface area contributed by atoms with Gasteiger partial charge in [0, 0.05) is 35.0 Å². The average molecular weight is 655 g/mol. The number of methoxy groups -OCH3 is 1. The van der Waals surface area contributed by atoms with E-state index < -0.39 is 41.3 Å². The highest BCUT2D eigenvalue weighted by Gasteiger charge is 2.73. The number of nitrogens with two attached hydrogens (primary N) is 1. The van der Waals surface area contributed by atoms with Crippen LogP contribution in [0.4, 0.5) is 15.8 Å². The lowest BCUT2D eigenvalue weighted by Gasteiger charge is -2.42. The third kappa shape index (κ3) is 4.60. The molecule has 45 heavy (non-hydrogen) atoms. The summed E-state index contributed by atoms with van der Waals surface area (Å²) in [5, 5.41) is 3.09. The summed E-state index contributed by atoms with van der Waals surface area (Å²) in [7, 11) is 1.45. The number of hydrogen-bond acceptors (Lipinski definition) is 6. The Morgan fingerprint density at radius 1 is 1.18 bits per heavy atom. The molecule has 12 heteroatoms. The molecule has 3 aromatic rings. The van der Waals surface area contributed by atoms with Crippen LogP contribution in [0, 0.1) is 11.2 Å². The lowest BCUT2D eigenvalue weighted by Crippen LogP contribution is -2.54. The van der Waals surface area contributed by atoms with Crippen molar-refractivity contribution >= 4 is 52.3 Å². The first-order valence-electron chi connectivity index (χ1n) is 14.8. The molecule has 0 unspecified atom stereocenters. The fourth-order valence-corrected chi connectivity index (χ4v) is 8.06. The number of anilines is 2. The van der Waals surface area contributed by atoms with Crippen LogP contribution >= 0.6 is 23.2 Å². The molecular formula is C33H34Cl2FN5O4. The maximum absolute atomic E-state index is 16.2. The van der Waals surface area contributed by atoms with E-state index in [1.165, 1.54) is 19.2 Å². The smallest absolute Gasteiger partial charge is 0.248 e. The van der Waals surface area contributed by atoms with Gasteiger partial charge in [0.25, 0.3) is 0 Å². The fourth-order valence-electron chi connectivity index (χ4n) is 7.72. The molecular weight excluding hydrogens is 620 g/mol. The van der Waals surface area contributed by atoms with E-state index in [-0.39, 0.29) is 44.3 Å². The van der Waals surface area contributed by atoms with Gasteiger partial charge in [-0.05, 0) is 54.2 Å². The van der Waals surface area contributed by atoms with Crippen molar-refractivity contribution in [2.24, 2.45) is 11.1 Å². The van der Waals surface area contributed by atoms with Crippen LogP contribution in [0.3, 0.4) is 0 Å². The minimum Gasteiger partial charge on any atom is -0.495 e. The minimum atomic E-state index is -1.41. The average Bonchev–Trinajstić information content (AvgIpc) is 3.54. The molecule has 6 rings (SSSR count). The zero-order valence-electron chi connectivity index (χ0n) is 25.5. The van der Waals surface area contributed by atoms with Gasteiger partial charge in [-0.1, -0.05) is 63.0 Å². The molecule has 3 aliphatic heterocycles. The first-order chi connectivity index (χ1) is 21.3. The number of fused-ring (bicyclic) bond motifs is 3. The number of halogens is 3. The van der Waals surface area contributed by atoms with E-state index in [9.17, 15) is 14.4 Å². The van der Waals surface area contributed by atoms with Gasteiger partial charge in [-0.2, -0.15) is 0 Å². The first kappa shape index (κ1) is 31.3. The summed E-state index contributed by atoms with van der Waals surface area (Å²) in [5.41, 5.74) is 5.66. The van der Waals surface area contributed by atoms with Gasteiger partial charge < -0.3 is 15.8 Å². The number of carbonyl (C=O) groups is 3. The highest BCUT2D eigenvalue weighted by molar-refractivity contribution is 6.31. The summed E-state index contributed by atoms with van der Waals surface area (Å²) in [4.78, 5) is 49.6. The molecule has 1 spiro atoms. The number of aromatic nitrogens is 1. The number of nitrogens with one attached hydrogen (secondary N) is 1. The molecule has 2 saturated heterocycles. The monoisotopic (exact) mass is 653 g/mol. The van der Waals surface area contributed by atoms with E-state index in [2.05, 4.69) is 36.0 Å². The van der Waals surface area contributed by atoms with Crippen molar-refractivity contribution in [1.29, 1.82) is 0 Å². The molecule has 2 fully saturated rings. The van der Waals surface area contributed by atoms with E-state index in [4.69, 9.17) is 33.7 Å². The molecule has 236 valence electrons. The van der Waals surface area contributed by atoms with E-state index >= 15 is 4.39 Å². The number of nitrogens with zero attached hydrogens (tertiary/aromatic N) is 3. The number of carbonyl (C=O) groups excluding carboxylic acids is 3. The third-order valence-electron chi connectivity index (χ3n) is 9.30. The van der Waals surface area contributed by atoms with Crippen LogP contribution in [0.1, 0.15) is 67.9 Å². The molecule has 4 heterocycles. The molecule has 2 aromatic carbocycles. The quantitative estimate of drug-likeness (QED) is 0.321. The Hall–Kier alpha value is -3.73. The summed E-state index contributed by atoms with van der Waals surface area (Å²) >= 11 is 12.6. The van der Waals surface area contributed by atoms with Crippen LogP contribution in [0.15, 0.2) is 48.7 Å². The molecule has 0 aliphatic carbocycles. The molecule has 9 nitrogen and oxygen atoms in total. The summed E-state index contributed by atoms with van der Waals surface area (Å²) in [5.74, 6) is -2.72. The molecule has 5 atom stereocenters. The topological polar surface area (TPSA) is 118 Å². The van der Waals surface area contributed by atoms with Gasteiger partial charge in [-0.3, -0.25) is 24.2 Å². The molecule has 3 aliphatic rings. The Morgan fingerprint density at radius 3 is 2.56 bits per heavy atom. The van der Waals surface area contributed by atoms with Crippen molar-refractivity contribution < 1.29 is 23.5 Å². The van der Waals surface area contributed by atoms with Crippen LogP contribution in [-0.4, -0.2) is 53.0 Å². The van der Waals surface area contributed by atoms with Crippen LogP contribution in [0.25, 0.3) is 0 Å². The Kier molecular flexibility index (Phi) is 7.61. The van der Waals surface area contributed by atoms with Crippen molar-refractivity contribution in [2.75, 3.05) is 17.3 Å². The van der Waals surface area contributed by atoms with E-state index in [0.29, 0.717) is 29.8 Å². The van der Waals surface area contributed by atoms with Crippen molar-refractivity contribution in [2.45, 2.75) is 70.1 Å². The minimum absolute atomic E-state index is 0.112. The number of ether oxygens (including phenoxy) is 1. The predicted molar refractivity (Wildman–Crippen MR) is 170 cm³/mol. The van der Waals surface area contributed by atoms with Crippen LogP contribution in [0.5, 0.6) is 5.75 Å². The second-order valence-electron chi connectivity index (χ2n) is 13.0. The molecule has 0 saturated carbocycles. The summed E-state index contributed by atoms with van der Waals surface area (Å²) in [6.45, 7) is 8.16. The highest BCUT2D eigenvalue weighted by atomic mass is 35.5. The number of primary amides is 1. The molecule has 3 N–H and O–H groups in total. The van der Waals surface area contributed by atoms with Gasteiger partial charge in [0.2, 0.25) is 17.7 Å². The Balaban J connectivity index is 1.66. The van der Waals surface area contributed by atoms with Crippen molar-refractivity contribution in [3.63, 3.8) is 0 Å². The van der Waals surface area contributed by atoms with Gasteiger partial charge >= 0.3 is 0 Å². The molecule has 1 aromatic heterocycles. The summed E-state index contributed by atoms with van der Waals surface area (Å²) in [6.07, 6.45) is 1.96. The van der Waals surface area contributed by atoms with Gasteiger partial charge in [0.05, 0.1) is 24.0 Å². The number of rotatable bonds is 6. The second-order valence-corrected chi connectivity index (χ2v) is 13.8. The maximum Gasteiger partial charge on any atom is 0.248 e. The van der Waals surface area contributed by atoms with Crippen LogP contribution in [0.2, 0.25) is 10.2 Å². The fraction of sp³-hybridized carbons (Fsp3) is 0.394. The molecule has 3 amide bonds. The van der Waals surface area contributed by atoms with Crippen molar-refractivity contribution in [1.82, 2.24) is 9.88 Å². The SMILES string of the molecule is CC[C@@H]1N(c2ccc(C(N)=O)cc2OC)C(=O)[C@H]2[C@H](c3cccc(Cl)c3F)[C@]3(C(=O)Nc4cc(Cl)ncc43)[C@H](CC(C)(C)C)N12. The summed E-state index contributed by atoms with van der Waals surface area (Å²) in [6, 6.07) is 9.38. The third-order valence-corrected chi connectivity index (χ3v) is 9.80. The Bertz CT molecular complexity index is 1750. The number of amides is 3. The molecule has 0 bridgehead atoms. The van der Waals surface area contributed by atoms with Crippen molar-refractivity contribution in [3.05, 3.63) is 81.3 Å². The number of pyridine rings is 1. The lowest BCUT2D eigenvalue weighted by atomic mass is 9.62. The van der Waals surface area contributed by atoms with E-state index in [1.54, 1.807) is 41.4 Å². The number of benzene rings is 2. The summed E-state index contributed by atoms with van der Waals surface area (Å²) < 4.78 is 21.9. The van der Waals surface area contributed by atoms with Crippen LogP contribution in [-0.2, 0) is 15.0 Å². The van der Waals surface area contributed by atoms with Crippen molar-refractivity contribution in [3.8, 4) is 5.75 Å². The standard InChI is InChI=1S/C33H34Cl2FN5O4/c1-6-25-40(21-11-10-16(29(37)42)12-22(21)45-5)30(43)28-26(17-8-7-9-19(34)27(17)36)33(23(41(25)28)14-32(2,3)4)18-15-38-24(35)13-20(18)39-31(33)44/h7-13,15,23,25-26,28H,6,14H2,1-5H3,(H2,37,42)(H,39,44)/t23-,25+,26-,28+,33+/m0/s1. The van der Waals surface area contributed by atoms with Gasteiger partial charge in [-0.25, -0.2) is 9.37 Å². The van der Waals surface area contributed by atoms with Gasteiger partial charge in [-0.15, -0.1) is 0 Å². The zero-order chi connectivity index (χ0) is 32.6. The first-order valence-corrected chi connectivity index (χ1v) is 15.5. The van der Waals surface area contributed by atoms with E-state index in [0.717, 1.165) is 0 Å². The Morgan fingerprint density at radius 2 is 1.91 bits per heavy atom. The largest absolute Gasteiger partial charge is 0.495 e. The highest BCUT2D eigenvalue weighted by Crippen LogP contribution is 2.63. The Labute approximate surface area is 270 Å². The predicted octanol–water partition coefficient (Wildman–Crippen LogP) is 5.88. The van der Waals surface area contributed by atoms with Crippen LogP contribution < -0.4 is 20.7 Å². The van der Waals surface area contributed by atoms with E-state index in [1.807, 2.05) is 6.92 Å². The second kappa shape index (κ2) is 11.0. The van der Waals surface area contributed by atoms with Gasteiger partial charge in [0.15, 0.2) is 0 Å². The van der Waals surface area contributed by atoms with Gasteiger partial charge in [0.1, 0.15) is 28.2 Å². The lowest BCUT2D eigenvalue weighted by molar-refractivity contribution is -0.123. The normalized spacial score (nSPS) is 25.9. The maximum atomic E-state index is 16.2. The molecule has 0 radical (unpaired) electrons. The zero-order valence-corrected chi connectivity index (χ0v) is 27.0.